The predicted molar refractivity (Wildman–Crippen MR) is 84.7 cm³/mol. The highest BCUT2D eigenvalue weighted by Crippen LogP contribution is 2.29. The number of nitrogens with one attached hydrogen (secondary N) is 2. The molecule has 1 aromatic heterocycles. The van der Waals surface area contributed by atoms with Crippen molar-refractivity contribution >= 4 is 16.8 Å². The Bertz CT molecular complexity index is 667. The SMILES string of the molecule is Cc1c(O[C@@H]2CCC[C@H](NC(=O)CN)C2)ccc2[nH]ncc12. The summed E-state index contributed by atoms with van der Waals surface area (Å²) in [5.41, 5.74) is 7.47. The molecule has 1 fully saturated rings. The smallest absolute Gasteiger partial charge is 0.233 e. The number of amides is 1. The third-order valence-corrected chi connectivity index (χ3v) is 4.31. The molecule has 0 unspecified atom stereocenters. The van der Waals surface area contributed by atoms with E-state index in [0.717, 1.165) is 47.9 Å². The van der Waals surface area contributed by atoms with E-state index in [1.165, 1.54) is 0 Å². The maximum absolute atomic E-state index is 11.4. The highest BCUT2D eigenvalue weighted by Gasteiger charge is 2.24. The van der Waals surface area contributed by atoms with Crippen LogP contribution in [-0.2, 0) is 4.79 Å². The van der Waals surface area contributed by atoms with Gasteiger partial charge in [-0.3, -0.25) is 9.89 Å². The number of hydrogen-bond donors (Lipinski definition) is 3. The van der Waals surface area contributed by atoms with Gasteiger partial charge in [0, 0.05) is 23.4 Å². The van der Waals surface area contributed by atoms with Crippen LogP contribution >= 0.6 is 0 Å². The normalized spacial score (nSPS) is 21.7. The fourth-order valence-electron chi connectivity index (χ4n) is 3.12. The van der Waals surface area contributed by atoms with Gasteiger partial charge in [-0.15, -0.1) is 0 Å². The Morgan fingerprint density at radius 1 is 1.50 bits per heavy atom. The van der Waals surface area contributed by atoms with Crippen molar-refractivity contribution in [3.05, 3.63) is 23.9 Å². The lowest BCUT2D eigenvalue weighted by molar-refractivity contribution is -0.120. The molecule has 0 radical (unpaired) electrons. The van der Waals surface area contributed by atoms with Crippen LogP contribution in [0.4, 0.5) is 0 Å². The zero-order chi connectivity index (χ0) is 15.5. The van der Waals surface area contributed by atoms with Crippen molar-refractivity contribution in [1.29, 1.82) is 0 Å². The highest BCUT2D eigenvalue weighted by atomic mass is 16.5. The number of aromatic nitrogens is 2. The lowest BCUT2D eigenvalue weighted by atomic mass is 9.92. The van der Waals surface area contributed by atoms with Gasteiger partial charge in [-0.2, -0.15) is 5.10 Å². The largest absolute Gasteiger partial charge is 0.490 e. The van der Waals surface area contributed by atoms with Crippen LogP contribution in [0.5, 0.6) is 5.75 Å². The summed E-state index contributed by atoms with van der Waals surface area (Å²) in [7, 11) is 0. The minimum absolute atomic E-state index is 0.0400. The van der Waals surface area contributed by atoms with Gasteiger partial charge in [0.05, 0.1) is 18.3 Å². The molecule has 1 aliphatic carbocycles. The van der Waals surface area contributed by atoms with Crippen molar-refractivity contribution in [1.82, 2.24) is 15.5 Å². The predicted octanol–water partition coefficient (Wildman–Crippen LogP) is 1.64. The van der Waals surface area contributed by atoms with E-state index in [4.69, 9.17) is 10.5 Å². The Morgan fingerprint density at radius 3 is 3.18 bits per heavy atom. The van der Waals surface area contributed by atoms with Crippen LogP contribution in [0.15, 0.2) is 18.3 Å². The molecule has 0 spiro atoms. The molecule has 1 saturated carbocycles. The number of aryl methyl sites for hydroxylation is 1. The first-order chi connectivity index (χ1) is 10.7. The quantitative estimate of drug-likeness (QED) is 0.800. The van der Waals surface area contributed by atoms with Gasteiger partial charge < -0.3 is 15.8 Å². The molecule has 1 aliphatic rings. The summed E-state index contributed by atoms with van der Waals surface area (Å²) in [5.74, 6) is 0.798. The van der Waals surface area contributed by atoms with Crippen molar-refractivity contribution in [2.45, 2.75) is 44.8 Å². The Hall–Kier alpha value is -2.08. The standard InChI is InChI=1S/C16H22N4O2/c1-10-13-9-18-20-14(13)5-6-15(10)22-12-4-2-3-11(7-12)19-16(21)8-17/h5-6,9,11-12H,2-4,7-8,17H2,1H3,(H,18,20)(H,19,21)/t11-,12+/m0/s1. The van der Waals surface area contributed by atoms with E-state index in [2.05, 4.69) is 15.5 Å². The Labute approximate surface area is 129 Å². The highest BCUT2D eigenvalue weighted by molar-refractivity contribution is 5.83. The zero-order valence-electron chi connectivity index (χ0n) is 12.8. The summed E-state index contributed by atoms with van der Waals surface area (Å²) in [6.45, 7) is 2.09. The number of carbonyl (C=O) groups is 1. The number of benzene rings is 1. The molecule has 4 N–H and O–H groups in total. The number of carbonyl (C=O) groups excluding carboxylic acids is 1. The molecule has 1 aromatic carbocycles. The van der Waals surface area contributed by atoms with E-state index in [1.54, 1.807) is 0 Å². The average Bonchev–Trinajstić information content (AvgIpc) is 3.00. The average molecular weight is 302 g/mol. The van der Waals surface area contributed by atoms with Crippen molar-refractivity contribution in [3.8, 4) is 5.75 Å². The molecule has 3 rings (SSSR count). The summed E-state index contributed by atoms with van der Waals surface area (Å²) in [5, 5.41) is 11.1. The van der Waals surface area contributed by atoms with E-state index in [-0.39, 0.29) is 24.6 Å². The van der Waals surface area contributed by atoms with E-state index >= 15 is 0 Å². The van der Waals surface area contributed by atoms with Crippen LogP contribution < -0.4 is 15.8 Å². The van der Waals surface area contributed by atoms with Crippen molar-refractivity contribution < 1.29 is 9.53 Å². The van der Waals surface area contributed by atoms with Gasteiger partial charge >= 0.3 is 0 Å². The van der Waals surface area contributed by atoms with E-state index in [0.29, 0.717) is 0 Å². The first kappa shape index (κ1) is 14.8. The lowest BCUT2D eigenvalue weighted by Gasteiger charge is -2.30. The van der Waals surface area contributed by atoms with Gasteiger partial charge in [-0.25, -0.2) is 0 Å². The molecule has 2 aromatic rings. The van der Waals surface area contributed by atoms with Gasteiger partial charge in [0.25, 0.3) is 0 Å². The second kappa shape index (κ2) is 6.36. The van der Waals surface area contributed by atoms with Crippen LogP contribution in [-0.4, -0.2) is 34.8 Å². The third-order valence-electron chi connectivity index (χ3n) is 4.31. The van der Waals surface area contributed by atoms with Crippen molar-refractivity contribution in [3.63, 3.8) is 0 Å². The lowest BCUT2D eigenvalue weighted by Crippen LogP contribution is -2.43. The van der Waals surface area contributed by atoms with E-state index in [1.807, 2.05) is 25.3 Å². The molecule has 1 amide bonds. The Morgan fingerprint density at radius 2 is 2.36 bits per heavy atom. The third kappa shape index (κ3) is 3.06. The number of rotatable bonds is 4. The van der Waals surface area contributed by atoms with E-state index in [9.17, 15) is 4.79 Å². The summed E-state index contributed by atoms with van der Waals surface area (Å²) in [6, 6.07) is 4.13. The van der Waals surface area contributed by atoms with Gasteiger partial charge in [0.15, 0.2) is 0 Å². The first-order valence-corrected chi connectivity index (χ1v) is 7.76. The zero-order valence-corrected chi connectivity index (χ0v) is 12.8. The molecule has 118 valence electrons. The second-order valence-corrected chi connectivity index (χ2v) is 5.89. The van der Waals surface area contributed by atoms with Crippen molar-refractivity contribution in [2.24, 2.45) is 5.73 Å². The molecule has 1 heterocycles. The van der Waals surface area contributed by atoms with Crippen LogP contribution in [0.2, 0.25) is 0 Å². The molecular weight excluding hydrogens is 280 g/mol. The minimum atomic E-state index is -0.0957. The van der Waals surface area contributed by atoms with Crippen LogP contribution in [0.1, 0.15) is 31.2 Å². The molecule has 2 atom stereocenters. The molecule has 0 bridgehead atoms. The van der Waals surface area contributed by atoms with E-state index < -0.39 is 0 Å². The summed E-state index contributed by atoms with van der Waals surface area (Å²) < 4.78 is 6.18. The number of ether oxygens (including phenoxy) is 1. The number of fused-ring (bicyclic) bond motifs is 1. The fraction of sp³-hybridized carbons (Fsp3) is 0.500. The van der Waals surface area contributed by atoms with Gasteiger partial charge in [-0.1, -0.05) is 0 Å². The molecule has 0 aliphatic heterocycles. The maximum Gasteiger partial charge on any atom is 0.233 e. The Balaban J connectivity index is 1.68. The maximum atomic E-state index is 11.4. The first-order valence-electron chi connectivity index (χ1n) is 7.76. The monoisotopic (exact) mass is 302 g/mol. The minimum Gasteiger partial charge on any atom is -0.490 e. The van der Waals surface area contributed by atoms with Gasteiger partial charge in [0.1, 0.15) is 11.9 Å². The second-order valence-electron chi connectivity index (χ2n) is 5.89. The number of nitrogens with zero attached hydrogens (tertiary/aromatic N) is 1. The van der Waals surface area contributed by atoms with Crippen LogP contribution in [0.3, 0.4) is 0 Å². The summed E-state index contributed by atoms with van der Waals surface area (Å²) >= 11 is 0. The molecule has 22 heavy (non-hydrogen) atoms. The van der Waals surface area contributed by atoms with Crippen molar-refractivity contribution in [2.75, 3.05) is 6.54 Å². The number of hydrogen-bond acceptors (Lipinski definition) is 4. The molecule has 0 saturated heterocycles. The number of H-pyrrole nitrogens is 1. The fourth-order valence-corrected chi connectivity index (χ4v) is 3.12. The number of aromatic amines is 1. The van der Waals surface area contributed by atoms with Gasteiger partial charge in [-0.05, 0) is 38.3 Å². The van der Waals surface area contributed by atoms with Crippen LogP contribution in [0.25, 0.3) is 10.9 Å². The summed E-state index contributed by atoms with van der Waals surface area (Å²) in [6.07, 6.45) is 5.83. The summed E-state index contributed by atoms with van der Waals surface area (Å²) in [4.78, 5) is 11.4. The molecular formula is C16H22N4O2. The number of nitrogens with two attached hydrogens (primary N) is 1. The van der Waals surface area contributed by atoms with Crippen LogP contribution in [0, 0.1) is 6.92 Å². The molecule has 6 heteroatoms. The molecule has 6 nitrogen and oxygen atoms in total. The Kier molecular flexibility index (Phi) is 4.29. The topological polar surface area (TPSA) is 93.0 Å². The van der Waals surface area contributed by atoms with Gasteiger partial charge in [0.2, 0.25) is 5.91 Å².